The summed E-state index contributed by atoms with van der Waals surface area (Å²) in [6.07, 6.45) is 2.96. The third kappa shape index (κ3) is 7.38. The maximum Gasteiger partial charge on any atom is 0.262 e. The second-order valence-corrected chi connectivity index (χ2v) is 7.37. The number of nitrogens with one attached hydrogen (secondary N) is 2. The van der Waals surface area contributed by atoms with Gasteiger partial charge in [-0.2, -0.15) is 0 Å². The van der Waals surface area contributed by atoms with E-state index < -0.39 is 6.04 Å². The fourth-order valence-corrected chi connectivity index (χ4v) is 2.95. The Morgan fingerprint density at radius 1 is 1.32 bits per heavy atom. The molecule has 22 heavy (non-hydrogen) atoms. The van der Waals surface area contributed by atoms with Gasteiger partial charge in [-0.1, -0.05) is 13.3 Å². The predicted octanol–water partition coefficient (Wildman–Crippen LogP) is 2.95. The number of thiophene rings is 1. The van der Waals surface area contributed by atoms with Crippen molar-refractivity contribution in [1.82, 2.24) is 10.6 Å². The molecule has 1 aromatic rings. The molecule has 0 saturated carbocycles. The smallest absolute Gasteiger partial charge is 0.262 e. The average Bonchev–Trinajstić information content (AvgIpc) is 2.92. The molecule has 124 valence electrons. The maximum absolute atomic E-state index is 11.9. The van der Waals surface area contributed by atoms with E-state index >= 15 is 0 Å². The van der Waals surface area contributed by atoms with Crippen LogP contribution in [0.3, 0.4) is 0 Å². The van der Waals surface area contributed by atoms with Crippen LogP contribution < -0.4 is 10.6 Å². The fraction of sp³-hybridized carbons (Fsp3) is 0.600. The van der Waals surface area contributed by atoms with Crippen LogP contribution in [0.2, 0.25) is 0 Å². The third-order valence-corrected chi connectivity index (χ3v) is 4.57. The molecule has 1 unspecified atom stereocenters. The number of amides is 2. The van der Waals surface area contributed by atoms with E-state index in [2.05, 4.69) is 33.5 Å². The Kier molecular flexibility index (Phi) is 9.34. The molecule has 0 radical (unpaired) electrons. The predicted molar refractivity (Wildman–Crippen MR) is 92.3 cm³/mol. The normalized spacial score (nSPS) is 12.0. The van der Waals surface area contributed by atoms with Gasteiger partial charge in [-0.25, -0.2) is 0 Å². The van der Waals surface area contributed by atoms with Crippen molar-refractivity contribution in [2.24, 2.45) is 0 Å². The highest BCUT2D eigenvalue weighted by molar-refractivity contribution is 9.11. The topological polar surface area (TPSA) is 67.4 Å². The first-order valence-corrected chi connectivity index (χ1v) is 9.07. The lowest BCUT2D eigenvalue weighted by Crippen LogP contribution is -2.45. The molecule has 0 saturated heterocycles. The van der Waals surface area contributed by atoms with Gasteiger partial charge in [0.1, 0.15) is 6.04 Å². The Morgan fingerprint density at radius 3 is 2.68 bits per heavy atom. The molecular formula is C15H23BrN2O3S. The highest BCUT2D eigenvalue weighted by Gasteiger charge is 2.17. The van der Waals surface area contributed by atoms with Crippen LogP contribution >= 0.6 is 27.3 Å². The molecule has 0 aliphatic rings. The number of ether oxygens (including phenoxy) is 1. The number of rotatable bonds is 10. The van der Waals surface area contributed by atoms with Crippen LogP contribution in [0.1, 0.15) is 42.8 Å². The summed E-state index contributed by atoms with van der Waals surface area (Å²) >= 11 is 4.64. The molecule has 5 nitrogen and oxygen atoms in total. The van der Waals surface area contributed by atoms with E-state index in [0.717, 1.165) is 29.7 Å². The van der Waals surface area contributed by atoms with Gasteiger partial charge in [-0.05, 0) is 47.8 Å². The second-order valence-electron chi connectivity index (χ2n) is 4.91. The first-order chi connectivity index (χ1) is 10.5. The number of carbonyl (C=O) groups is 2. The van der Waals surface area contributed by atoms with E-state index in [0.29, 0.717) is 18.0 Å². The molecule has 0 bridgehead atoms. The summed E-state index contributed by atoms with van der Waals surface area (Å²) in [5.41, 5.74) is 0. The van der Waals surface area contributed by atoms with Crippen LogP contribution in [-0.2, 0) is 9.53 Å². The molecule has 1 atom stereocenters. The summed E-state index contributed by atoms with van der Waals surface area (Å²) in [6, 6.07) is 2.97. The fourth-order valence-electron chi connectivity index (χ4n) is 1.66. The zero-order chi connectivity index (χ0) is 16.4. The summed E-state index contributed by atoms with van der Waals surface area (Å²) < 4.78 is 6.30. The van der Waals surface area contributed by atoms with E-state index in [9.17, 15) is 9.59 Å². The summed E-state index contributed by atoms with van der Waals surface area (Å²) in [6.45, 7) is 5.76. The van der Waals surface area contributed by atoms with Crippen molar-refractivity contribution in [2.45, 2.75) is 39.2 Å². The van der Waals surface area contributed by atoms with Gasteiger partial charge in [-0.15, -0.1) is 11.3 Å². The molecule has 0 aromatic carbocycles. The highest BCUT2D eigenvalue weighted by Crippen LogP contribution is 2.21. The van der Waals surface area contributed by atoms with E-state index in [4.69, 9.17) is 4.74 Å². The lowest BCUT2D eigenvalue weighted by molar-refractivity contribution is -0.122. The molecule has 2 amide bonds. The quantitative estimate of drug-likeness (QED) is 0.603. The molecule has 1 aromatic heterocycles. The largest absolute Gasteiger partial charge is 0.381 e. The van der Waals surface area contributed by atoms with E-state index in [1.165, 1.54) is 11.3 Å². The van der Waals surface area contributed by atoms with Gasteiger partial charge in [0, 0.05) is 19.8 Å². The van der Waals surface area contributed by atoms with Crippen LogP contribution in [0.5, 0.6) is 0 Å². The minimum absolute atomic E-state index is 0.183. The van der Waals surface area contributed by atoms with Crippen LogP contribution in [0.4, 0.5) is 0 Å². The van der Waals surface area contributed by atoms with Crippen LogP contribution in [0.15, 0.2) is 15.9 Å². The Morgan fingerprint density at radius 2 is 2.05 bits per heavy atom. The summed E-state index contributed by atoms with van der Waals surface area (Å²) in [5.74, 6) is -0.418. The van der Waals surface area contributed by atoms with Gasteiger partial charge in [0.25, 0.3) is 5.91 Å². The molecule has 1 rings (SSSR count). The van der Waals surface area contributed by atoms with Crippen LogP contribution in [0.25, 0.3) is 0 Å². The minimum atomic E-state index is -0.561. The number of hydrogen-bond donors (Lipinski definition) is 2. The van der Waals surface area contributed by atoms with Crippen molar-refractivity contribution in [3.05, 3.63) is 20.8 Å². The first kappa shape index (κ1) is 19.1. The standard InChI is InChI=1S/C15H23BrN2O3S/c1-3-4-9-21-10-5-8-17-14(19)11(2)18-15(20)12-6-7-13(16)22-12/h6-7,11H,3-5,8-10H2,1-2H3,(H,17,19)(H,18,20). The summed E-state index contributed by atoms with van der Waals surface area (Å²) in [7, 11) is 0. The zero-order valence-corrected chi connectivity index (χ0v) is 15.4. The van der Waals surface area contributed by atoms with Gasteiger partial charge >= 0.3 is 0 Å². The van der Waals surface area contributed by atoms with E-state index in [1.54, 1.807) is 13.0 Å². The Hall–Kier alpha value is -0.920. The van der Waals surface area contributed by atoms with Crippen molar-refractivity contribution in [3.8, 4) is 0 Å². The Labute approximate surface area is 143 Å². The van der Waals surface area contributed by atoms with Crippen molar-refractivity contribution in [1.29, 1.82) is 0 Å². The van der Waals surface area contributed by atoms with E-state index in [1.807, 2.05) is 6.07 Å². The Bertz CT molecular complexity index is 479. The monoisotopic (exact) mass is 390 g/mol. The van der Waals surface area contributed by atoms with Gasteiger partial charge in [0.15, 0.2) is 0 Å². The van der Waals surface area contributed by atoms with Crippen LogP contribution in [0, 0.1) is 0 Å². The Balaban J connectivity index is 2.18. The number of hydrogen-bond acceptors (Lipinski definition) is 4. The third-order valence-electron chi connectivity index (χ3n) is 2.94. The minimum Gasteiger partial charge on any atom is -0.381 e. The number of halogens is 1. The molecule has 0 spiro atoms. The number of unbranched alkanes of at least 4 members (excludes halogenated alkanes) is 1. The van der Waals surface area contributed by atoms with E-state index in [-0.39, 0.29) is 11.8 Å². The van der Waals surface area contributed by atoms with Crippen molar-refractivity contribution in [2.75, 3.05) is 19.8 Å². The zero-order valence-electron chi connectivity index (χ0n) is 13.0. The van der Waals surface area contributed by atoms with Crippen molar-refractivity contribution < 1.29 is 14.3 Å². The maximum atomic E-state index is 11.9. The summed E-state index contributed by atoms with van der Waals surface area (Å²) in [4.78, 5) is 24.4. The summed E-state index contributed by atoms with van der Waals surface area (Å²) in [5, 5.41) is 5.48. The molecule has 0 fully saturated rings. The molecular weight excluding hydrogens is 368 g/mol. The van der Waals surface area contributed by atoms with Gasteiger partial charge in [0.05, 0.1) is 8.66 Å². The lowest BCUT2D eigenvalue weighted by Gasteiger charge is -2.13. The molecule has 0 aliphatic carbocycles. The number of carbonyl (C=O) groups excluding carboxylic acids is 2. The molecule has 1 heterocycles. The van der Waals surface area contributed by atoms with Crippen molar-refractivity contribution >= 4 is 39.1 Å². The van der Waals surface area contributed by atoms with Gasteiger partial charge < -0.3 is 15.4 Å². The van der Waals surface area contributed by atoms with Gasteiger partial charge in [-0.3, -0.25) is 9.59 Å². The molecule has 0 aliphatic heterocycles. The lowest BCUT2D eigenvalue weighted by atomic mass is 10.3. The highest BCUT2D eigenvalue weighted by atomic mass is 79.9. The SMILES string of the molecule is CCCCOCCCNC(=O)C(C)NC(=O)c1ccc(Br)s1. The second kappa shape index (κ2) is 10.7. The average molecular weight is 391 g/mol. The van der Waals surface area contributed by atoms with Gasteiger partial charge in [0.2, 0.25) is 5.91 Å². The molecule has 2 N–H and O–H groups in total. The first-order valence-electron chi connectivity index (χ1n) is 7.46. The van der Waals surface area contributed by atoms with Crippen LogP contribution in [-0.4, -0.2) is 37.6 Å². The molecule has 7 heteroatoms. The van der Waals surface area contributed by atoms with Crippen molar-refractivity contribution in [3.63, 3.8) is 0 Å².